The molecule has 0 radical (unpaired) electrons. The van der Waals surface area contributed by atoms with Crippen LogP contribution in [-0.4, -0.2) is 0 Å². The van der Waals surface area contributed by atoms with Crippen molar-refractivity contribution in [3.8, 4) is 33.4 Å². The van der Waals surface area contributed by atoms with Gasteiger partial charge < -0.3 is 9.32 Å². The summed E-state index contributed by atoms with van der Waals surface area (Å²) in [6.45, 7) is 0. The zero-order chi connectivity index (χ0) is 36.1. The van der Waals surface area contributed by atoms with Crippen LogP contribution < -0.4 is 4.90 Å². The number of hydrogen-bond donors (Lipinski definition) is 0. The molecule has 0 atom stereocenters. The lowest BCUT2D eigenvalue weighted by Gasteiger charge is -2.31. The van der Waals surface area contributed by atoms with E-state index in [1.165, 1.54) is 55.3 Å². The Kier molecular flexibility index (Phi) is 6.29. The van der Waals surface area contributed by atoms with Crippen LogP contribution in [0.15, 0.2) is 205 Å². The molecular formula is C53H33NO. The van der Waals surface area contributed by atoms with E-state index >= 15 is 0 Å². The number of nitrogens with zero attached hydrogens (tertiary/aromatic N) is 1. The summed E-state index contributed by atoms with van der Waals surface area (Å²) in [5, 5.41) is 4.63. The van der Waals surface area contributed by atoms with Gasteiger partial charge in [-0.05, 0) is 85.6 Å². The summed E-state index contributed by atoms with van der Waals surface area (Å²) in [7, 11) is 0. The largest absolute Gasteiger partial charge is 0.453 e. The van der Waals surface area contributed by atoms with E-state index in [2.05, 4.69) is 205 Å². The van der Waals surface area contributed by atoms with Crippen LogP contribution in [0.25, 0.3) is 66.1 Å². The van der Waals surface area contributed by atoms with Crippen molar-refractivity contribution >= 4 is 49.8 Å². The van der Waals surface area contributed by atoms with E-state index in [1.807, 2.05) is 0 Å². The molecule has 2 heteroatoms. The Bertz CT molecular complexity index is 3110. The minimum atomic E-state index is -0.438. The molecule has 0 fully saturated rings. The van der Waals surface area contributed by atoms with E-state index < -0.39 is 5.41 Å². The number of rotatable bonds is 4. The Morgan fingerprint density at radius 1 is 0.382 bits per heavy atom. The molecule has 0 saturated carbocycles. The second kappa shape index (κ2) is 11.4. The second-order valence-electron chi connectivity index (χ2n) is 14.7. The van der Waals surface area contributed by atoms with E-state index in [4.69, 9.17) is 4.42 Å². The molecule has 2 aliphatic carbocycles. The first-order valence-electron chi connectivity index (χ1n) is 19.0. The Hall–Kier alpha value is -7.16. The van der Waals surface area contributed by atoms with Crippen LogP contribution in [0.3, 0.4) is 0 Å². The third-order valence-electron chi connectivity index (χ3n) is 12.0. The maximum absolute atomic E-state index is 7.23. The van der Waals surface area contributed by atoms with Crippen LogP contribution >= 0.6 is 0 Å². The standard InChI is InChI=1S/C53H33NO/c1-3-17-34(18-4-1)42-33-35-19-7-8-22-37(35)49-41-26-15-32-48(51(41)55-52(42)49)54(36-20-5-2-6-21-36)47-31-16-30-46-50(47)40-25-11-14-29-45(40)53(46)43-27-12-9-23-38(43)39-24-10-13-28-44(39)53/h1-33H. The van der Waals surface area contributed by atoms with Crippen LogP contribution in [0, 0.1) is 0 Å². The van der Waals surface area contributed by atoms with Crippen LogP contribution in [0.5, 0.6) is 0 Å². The van der Waals surface area contributed by atoms with Crippen LogP contribution in [0.1, 0.15) is 22.3 Å². The molecule has 10 aromatic rings. The zero-order valence-corrected chi connectivity index (χ0v) is 29.9. The molecule has 9 aromatic carbocycles. The summed E-state index contributed by atoms with van der Waals surface area (Å²) in [6, 6.07) is 72.9. The fraction of sp³-hybridized carbons (Fsp3) is 0.0189. The van der Waals surface area contributed by atoms with Crippen LogP contribution in [-0.2, 0) is 5.41 Å². The summed E-state index contributed by atoms with van der Waals surface area (Å²) < 4.78 is 7.23. The molecule has 0 amide bonds. The van der Waals surface area contributed by atoms with Crippen molar-refractivity contribution < 1.29 is 4.42 Å². The molecule has 2 nitrogen and oxygen atoms in total. The summed E-state index contributed by atoms with van der Waals surface area (Å²) in [4.78, 5) is 2.43. The lowest BCUT2D eigenvalue weighted by molar-refractivity contribution is 0.670. The molecule has 1 spiro atoms. The van der Waals surface area contributed by atoms with Crippen molar-refractivity contribution in [1.82, 2.24) is 0 Å². The zero-order valence-electron chi connectivity index (χ0n) is 29.9. The molecule has 2 aliphatic rings. The lowest BCUT2D eigenvalue weighted by Crippen LogP contribution is -2.26. The van der Waals surface area contributed by atoms with E-state index in [1.54, 1.807) is 0 Å². The predicted octanol–water partition coefficient (Wildman–Crippen LogP) is 14.2. The van der Waals surface area contributed by atoms with Crippen molar-refractivity contribution in [2.45, 2.75) is 5.41 Å². The van der Waals surface area contributed by atoms with E-state index in [-0.39, 0.29) is 0 Å². The number of fused-ring (bicyclic) bond motifs is 15. The third kappa shape index (κ3) is 4.03. The Balaban J connectivity index is 1.19. The first-order chi connectivity index (χ1) is 27.3. The first-order valence-corrected chi connectivity index (χ1v) is 19.0. The smallest absolute Gasteiger partial charge is 0.159 e. The van der Waals surface area contributed by atoms with Crippen molar-refractivity contribution in [1.29, 1.82) is 0 Å². The Labute approximate surface area is 319 Å². The minimum Gasteiger partial charge on any atom is -0.453 e. The normalized spacial score (nSPS) is 13.2. The van der Waals surface area contributed by atoms with Gasteiger partial charge in [0.25, 0.3) is 0 Å². The molecule has 55 heavy (non-hydrogen) atoms. The molecule has 256 valence electrons. The highest BCUT2D eigenvalue weighted by molar-refractivity contribution is 6.24. The predicted molar refractivity (Wildman–Crippen MR) is 228 cm³/mol. The molecule has 0 unspecified atom stereocenters. The van der Waals surface area contributed by atoms with Crippen molar-refractivity contribution in [3.05, 3.63) is 222 Å². The van der Waals surface area contributed by atoms with Crippen molar-refractivity contribution in [3.63, 3.8) is 0 Å². The summed E-state index contributed by atoms with van der Waals surface area (Å²) in [5.41, 5.74) is 17.2. The monoisotopic (exact) mass is 699 g/mol. The Morgan fingerprint density at radius 3 is 1.67 bits per heavy atom. The van der Waals surface area contributed by atoms with Gasteiger partial charge in [0.15, 0.2) is 5.58 Å². The summed E-state index contributed by atoms with van der Waals surface area (Å²) in [6.07, 6.45) is 0. The van der Waals surface area contributed by atoms with Gasteiger partial charge in [-0.1, -0.05) is 170 Å². The molecule has 1 aromatic heterocycles. The van der Waals surface area contributed by atoms with Gasteiger partial charge in [-0.2, -0.15) is 0 Å². The topological polar surface area (TPSA) is 16.4 Å². The average Bonchev–Trinajstić information content (AvgIpc) is 3.90. The fourth-order valence-corrected chi connectivity index (χ4v) is 9.94. The molecular weight excluding hydrogens is 667 g/mol. The van der Waals surface area contributed by atoms with E-state index in [0.29, 0.717) is 0 Å². The number of anilines is 3. The van der Waals surface area contributed by atoms with E-state index in [0.717, 1.165) is 50.1 Å². The average molecular weight is 700 g/mol. The second-order valence-corrected chi connectivity index (χ2v) is 14.7. The van der Waals surface area contributed by atoms with Gasteiger partial charge in [0.05, 0.1) is 16.8 Å². The highest BCUT2D eigenvalue weighted by Crippen LogP contribution is 2.64. The van der Waals surface area contributed by atoms with Gasteiger partial charge in [-0.25, -0.2) is 0 Å². The summed E-state index contributed by atoms with van der Waals surface area (Å²) in [5.74, 6) is 0. The molecule has 0 N–H and O–H groups in total. The number of para-hydroxylation sites is 2. The first kappa shape index (κ1) is 30.3. The quantitative estimate of drug-likeness (QED) is 0.182. The highest BCUT2D eigenvalue weighted by atomic mass is 16.3. The van der Waals surface area contributed by atoms with Gasteiger partial charge >= 0.3 is 0 Å². The van der Waals surface area contributed by atoms with Crippen LogP contribution in [0.2, 0.25) is 0 Å². The van der Waals surface area contributed by atoms with Gasteiger partial charge in [-0.3, -0.25) is 0 Å². The molecule has 12 rings (SSSR count). The Morgan fingerprint density at radius 2 is 0.927 bits per heavy atom. The van der Waals surface area contributed by atoms with Crippen molar-refractivity contribution in [2.75, 3.05) is 4.90 Å². The van der Waals surface area contributed by atoms with Gasteiger partial charge in [0, 0.05) is 27.6 Å². The SMILES string of the molecule is c1ccc(-c2cc3ccccc3c3c2oc2c(N(c4ccccc4)c4cccc5c4-c4ccccc4C54c5ccccc5-c5ccccc54)cccc23)cc1. The number of benzene rings is 9. The van der Waals surface area contributed by atoms with Gasteiger partial charge in [0.2, 0.25) is 0 Å². The fourth-order valence-electron chi connectivity index (χ4n) is 9.94. The minimum absolute atomic E-state index is 0.438. The maximum Gasteiger partial charge on any atom is 0.159 e. The molecule has 0 saturated heterocycles. The number of furan rings is 1. The molecule has 0 aliphatic heterocycles. The maximum atomic E-state index is 7.23. The summed E-state index contributed by atoms with van der Waals surface area (Å²) >= 11 is 0. The van der Waals surface area contributed by atoms with Crippen LogP contribution in [0.4, 0.5) is 17.1 Å². The van der Waals surface area contributed by atoms with E-state index in [9.17, 15) is 0 Å². The molecule has 1 heterocycles. The number of hydrogen-bond acceptors (Lipinski definition) is 2. The highest BCUT2D eigenvalue weighted by Gasteiger charge is 2.52. The lowest BCUT2D eigenvalue weighted by atomic mass is 9.70. The molecule has 0 bridgehead atoms. The van der Waals surface area contributed by atoms with Crippen molar-refractivity contribution in [2.24, 2.45) is 0 Å². The van der Waals surface area contributed by atoms with Gasteiger partial charge in [0.1, 0.15) is 5.58 Å². The van der Waals surface area contributed by atoms with Gasteiger partial charge in [-0.15, -0.1) is 0 Å². The third-order valence-corrected chi connectivity index (χ3v) is 12.0.